The van der Waals surface area contributed by atoms with Gasteiger partial charge in [0.1, 0.15) is 0 Å². The van der Waals surface area contributed by atoms with Crippen LogP contribution in [0.4, 0.5) is 0 Å². The molecule has 82 heavy (non-hydrogen) atoms. The van der Waals surface area contributed by atoms with Crippen LogP contribution < -0.4 is 0 Å². The average molecular weight is 1040 g/mol. The number of hydrogen-bond donors (Lipinski definition) is 0. The van der Waals surface area contributed by atoms with Gasteiger partial charge >= 0.3 is 0 Å². The zero-order valence-corrected chi connectivity index (χ0v) is 44.0. The predicted octanol–water partition coefficient (Wildman–Crippen LogP) is 18.4. The molecular weight excluding hydrogens is 999 g/mol. The summed E-state index contributed by atoms with van der Waals surface area (Å²) >= 11 is 0. The molecule has 0 saturated heterocycles. The van der Waals surface area contributed by atoms with Crippen LogP contribution in [-0.4, -0.2) is 14.1 Å². The highest BCUT2D eigenvalue weighted by Gasteiger charge is 2.21. The van der Waals surface area contributed by atoms with E-state index in [1.54, 1.807) is 0 Å². The van der Waals surface area contributed by atoms with E-state index in [2.05, 4.69) is 161 Å². The molecule has 0 aliphatic heterocycles. The molecule has 378 valence electrons. The maximum Gasteiger partial charge on any atom is 0.0991 e. The smallest absolute Gasteiger partial charge is 0.0991 e. The summed E-state index contributed by atoms with van der Waals surface area (Å²) in [6, 6.07) is 98.3. The first-order valence-electron chi connectivity index (χ1n) is 26.9. The third-order valence-corrected chi connectivity index (χ3v) is 15.5. The van der Waals surface area contributed by atoms with E-state index in [9.17, 15) is 21.0 Å². The Hall–Kier alpha value is -11.9. The highest BCUT2D eigenvalue weighted by atomic mass is 15.0. The first-order chi connectivity index (χ1) is 40.4. The Balaban J connectivity index is 1.07. The molecule has 0 spiro atoms. The second-order valence-corrected chi connectivity index (χ2v) is 20.5. The van der Waals surface area contributed by atoms with Gasteiger partial charge in [0.15, 0.2) is 0 Å². The lowest BCUT2D eigenvalue weighted by Crippen LogP contribution is -2.01. The minimum Gasteiger partial charge on any atom is -0.309 e. The molecule has 3 heterocycles. The highest BCUT2D eigenvalue weighted by molar-refractivity contribution is 6.13. The number of pyridine rings is 1. The van der Waals surface area contributed by atoms with Gasteiger partial charge in [-0.2, -0.15) is 21.0 Å². The van der Waals surface area contributed by atoms with Crippen LogP contribution in [0.25, 0.3) is 133 Å². The fraction of sp³-hybridized carbons (Fsp3) is 0. The fourth-order valence-electron chi connectivity index (χ4n) is 11.6. The molecule has 0 saturated carbocycles. The number of rotatable bonds is 9. The van der Waals surface area contributed by atoms with Crippen LogP contribution >= 0.6 is 0 Å². The Bertz CT molecular complexity index is 4550. The highest BCUT2D eigenvalue weighted by Crippen LogP contribution is 2.43. The van der Waals surface area contributed by atoms with Crippen LogP contribution in [0.5, 0.6) is 0 Å². The Labute approximate surface area is 473 Å². The van der Waals surface area contributed by atoms with E-state index in [0.717, 1.165) is 133 Å². The summed E-state index contributed by atoms with van der Waals surface area (Å²) in [5.41, 5.74) is 21.5. The van der Waals surface area contributed by atoms with E-state index in [1.807, 2.05) is 133 Å². The molecule has 11 aromatic carbocycles. The second-order valence-electron chi connectivity index (χ2n) is 20.5. The summed E-state index contributed by atoms with van der Waals surface area (Å²) in [4.78, 5) is 5.30. The van der Waals surface area contributed by atoms with Gasteiger partial charge in [-0.15, -0.1) is 0 Å². The molecule has 14 aromatic rings. The van der Waals surface area contributed by atoms with Gasteiger partial charge in [-0.3, -0.25) is 0 Å². The van der Waals surface area contributed by atoms with Gasteiger partial charge in [0.25, 0.3) is 0 Å². The molecule has 0 fully saturated rings. The average Bonchev–Trinajstić information content (AvgIpc) is 3.67. The fourth-order valence-corrected chi connectivity index (χ4v) is 11.6. The Morgan fingerprint density at radius 2 is 0.512 bits per heavy atom. The Kier molecular flexibility index (Phi) is 11.9. The predicted molar refractivity (Wildman–Crippen MR) is 330 cm³/mol. The Morgan fingerprint density at radius 3 is 0.817 bits per heavy atom. The van der Waals surface area contributed by atoms with E-state index >= 15 is 0 Å². The summed E-state index contributed by atoms with van der Waals surface area (Å²) in [5, 5.41) is 43.9. The first kappa shape index (κ1) is 48.5. The third kappa shape index (κ3) is 8.67. The van der Waals surface area contributed by atoms with E-state index in [0.29, 0.717) is 22.3 Å². The zero-order chi connectivity index (χ0) is 55.3. The number of hydrogen-bond acceptors (Lipinski definition) is 5. The van der Waals surface area contributed by atoms with Crippen molar-refractivity contribution in [2.24, 2.45) is 0 Å². The molecule has 0 amide bonds. The quantitative estimate of drug-likeness (QED) is 0.143. The summed E-state index contributed by atoms with van der Waals surface area (Å²) in [6.07, 6.45) is 0. The lowest BCUT2D eigenvalue weighted by atomic mass is 9.98. The van der Waals surface area contributed by atoms with E-state index in [4.69, 9.17) is 4.98 Å². The molecule has 0 radical (unpaired) electrons. The van der Waals surface area contributed by atoms with Crippen molar-refractivity contribution >= 4 is 43.6 Å². The molecule has 0 unspecified atom stereocenters. The van der Waals surface area contributed by atoms with Crippen LogP contribution in [0.3, 0.4) is 0 Å². The van der Waals surface area contributed by atoms with Crippen molar-refractivity contribution < 1.29 is 0 Å². The van der Waals surface area contributed by atoms with Gasteiger partial charge in [0, 0.05) is 44.0 Å². The van der Waals surface area contributed by atoms with Gasteiger partial charge in [0.05, 0.1) is 80.0 Å². The molecule has 14 rings (SSSR count). The minimum absolute atomic E-state index is 0.588. The first-order valence-corrected chi connectivity index (χ1v) is 26.9. The van der Waals surface area contributed by atoms with Crippen LogP contribution in [0.2, 0.25) is 0 Å². The van der Waals surface area contributed by atoms with Crippen molar-refractivity contribution in [2.45, 2.75) is 0 Å². The summed E-state index contributed by atoms with van der Waals surface area (Å²) in [6.45, 7) is 0. The van der Waals surface area contributed by atoms with Gasteiger partial charge in [-0.1, -0.05) is 133 Å². The zero-order valence-electron chi connectivity index (χ0n) is 44.0. The lowest BCUT2D eigenvalue weighted by Gasteiger charge is -2.17. The lowest BCUT2D eigenvalue weighted by molar-refractivity contribution is 1.13. The molecular formula is C75H43N7. The van der Waals surface area contributed by atoms with Crippen molar-refractivity contribution in [3.63, 3.8) is 0 Å². The normalized spacial score (nSPS) is 11.1. The summed E-state index contributed by atoms with van der Waals surface area (Å²) in [7, 11) is 0. The van der Waals surface area contributed by atoms with Crippen molar-refractivity contribution in [3.05, 3.63) is 283 Å². The number of nitrogens with zero attached hydrogens (tertiary/aromatic N) is 7. The summed E-state index contributed by atoms with van der Waals surface area (Å²) in [5.74, 6) is 0. The number of aromatic nitrogens is 3. The van der Waals surface area contributed by atoms with Gasteiger partial charge in [-0.05, 0) is 183 Å². The standard InChI is InChI=1S/C75H43N7/c76-44-48-11-7-19-54(31-48)58-23-27-72-66(37-58)67-38-59(55-20-8-12-49(32-55)45-77)24-28-73(67)81(72)64-35-62(63-41-70(52-15-3-1-4-16-52)80-71(42-63)53-17-5-2-6-18-53)36-65(43-64)82-74-29-25-60(56-21-9-13-50(33-56)46-78)39-68(74)69-40-61(26-30-75(69)82)57-22-10-14-51(34-57)47-79/h1-43H. The van der Waals surface area contributed by atoms with Crippen LogP contribution in [-0.2, 0) is 0 Å². The van der Waals surface area contributed by atoms with Crippen molar-refractivity contribution in [3.8, 4) is 114 Å². The van der Waals surface area contributed by atoms with Crippen LogP contribution in [0, 0.1) is 45.3 Å². The monoisotopic (exact) mass is 1040 g/mol. The SMILES string of the molecule is N#Cc1cccc(-c2ccc3c(c2)c2cc(-c4cccc(C#N)c4)ccc2n3-c2cc(-c3cc(-c4ccccc4)nc(-c4ccccc4)c3)cc(-n3c4ccc(-c5cccc(C#N)c5)cc4c4cc(-c5cccc(C#N)c5)ccc43)c2)c1. The molecule has 7 heteroatoms. The van der Waals surface area contributed by atoms with Crippen LogP contribution in [0.1, 0.15) is 22.3 Å². The molecule has 3 aromatic heterocycles. The van der Waals surface area contributed by atoms with Crippen molar-refractivity contribution in [1.29, 1.82) is 21.0 Å². The molecule has 0 atom stereocenters. The largest absolute Gasteiger partial charge is 0.309 e. The van der Waals surface area contributed by atoms with Gasteiger partial charge < -0.3 is 9.13 Å². The molecule has 0 N–H and O–H groups in total. The van der Waals surface area contributed by atoms with Gasteiger partial charge in [0.2, 0.25) is 0 Å². The van der Waals surface area contributed by atoms with Crippen LogP contribution in [0.15, 0.2) is 261 Å². The maximum atomic E-state index is 9.94. The summed E-state index contributed by atoms with van der Waals surface area (Å²) < 4.78 is 4.71. The third-order valence-electron chi connectivity index (χ3n) is 15.5. The van der Waals surface area contributed by atoms with E-state index in [1.165, 1.54) is 0 Å². The van der Waals surface area contributed by atoms with Crippen molar-refractivity contribution in [2.75, 3.05) is 0 Å². The molecule has 0 aliphatic rings. The number of nitriles is 4. The molecule has 7 nitrogen and oxygen atoms in total. The maximum absolute atomic E-state index is 9.94. The molecule has 0 aliphatic carbocycles. The van der Waals surface area contributed by atoms with Crippen molar-refractivity contribution in [1.82, 2.24) is 14.1 Å². The van der Waals surface area contributed by atoms with E-state index in [-0.39, 0.29) is 0 Å². The number of benzene rings is 11. The topological polar surface area (TPSA) is 118 Å². The minimum atomic E-state index is 0.588. The molecule has 0 bridgehead atoms. The number of fused-ring (bicyclic) bond motifs is 6. The Morgan fingerprint density at radius 1 is 0.232 bits per heavy atom. The van der Waals surface area contributed by atoms with E-state index < -0.39 is 0 Å². The second kappa shape index (κ2) is 20.2. The van der Waals surface area contributed by atoms with Gasteiger partial charge in [-0.25, -0.2) is 4.98 Å².